The Morgan fingerprint density at radius 3 is 2.74 bits per heavy atom. The zero-order valence-electron chi connectivity index (χ0n) is 16.0. The van der Waals surface area contributed by atoms with Gasteiger partial charge in [0.05, 0.1) is 11.7 Å². The molecule has 5 heteroatoms. The van der Waals surface area contributed by atoms with Crippen LogP contribution in [0.5, 0.6) is 0 Å². The first-order chi connectivity index (χ1) is 13.0. The Balaban J connectivity index is 1.57. The predicted octanol–water partition coefficient (Wildman–Crippen LogP) is 4.44. The number of fused-ring (bicyclic) bond motifs is 1. The molecule has 0 bridgehead atoms. The summed E-state index contributed by atoms with van der Waals surface area (Å²) in [6.45, 7) is 4.33. The van der Waals surface area contributed by atoms with Crippen molar-refractivity contribution in [1.29, 1.82) is 0 Å². The number of aryl methyl sites for hydroxylation is 2. The minimum absolute atomic E-state index is 0.00117. The number of aliphatic hydroxyl groups is 1. The Morgan fingerprint density at radius 1 is 1.30 bits per heavy atom. The van der Waals surface area contributed by atoms with E-state index >= 15 is 0 Å². The fraction of sp³-hybridized carbons (Fsp3) is 0.500. The van der Waals surface area contributed by atoms with E-state index in [0.29, 0.717) is 23.8 Å². The van der Waals surface area contributed by atoms with Crippen LogP contribution in [0, 0.1) is 19.3 Å². The lowest BCUT2D eigenvalue weighted by molar-refractivity contribution is 0.0482. The summed E-state index contributed by atoms with van der Waals surface area (Å²) in [5, 5.41) is 13.3. The van der Waals surface area contributed by atoms with Crippen molar-refractivity contribution < 1.29 is 14.3 Å². The van der Waals surface area contributed by atoms with Crippen molar-refractivity contribution in [2.24, 2.45) is 5.41 Å². The Bertz CT molecular complexity index is 836. The molecule has 2 aliphatic rings. The van der Waals surface area contributed by atoms with Gasteiger partial charge in [0.15, 0.2) is 0 Å². The number of nitrogens with one attached hydrogen (secondary N) is 1. The van der Waals surface area contributed by atoms with Gasteiger partial charge in [-0.15, -0.1) is 11.8 Å². The van der Waals surface area contributed by atoms with E-state index in [1.807, 2.05) is 31.7 Å². The van der Waals surface area contributed by atoms with E-state index < -0.39 is 0 Å². The van der Waals surface area contributed by atoms with Gasteiger partial charge in [-0.3, -0.25) is 4.79 Å². The number of hydrogen-bond acceptors (Lipinski definition) is 4. The molecule has 1 aromatic carbocycles. The molecule has 1 fully saturated rings. The summed E-state index contributed by atoms with van der Waals surface area (Å²) in [7, 11) is 0. The highest BCUT2D eigenvalue weighted by Crippen LogP contribution is 2.54. The van der Waals surface area contributed by atoms with Crippen molar-refractivity contribution in [2.75, 3.05) is 12.3 Å². The van der Waals surface area contributed by atoms with E-state index in [0.717, 1.165) is 37.2 Å². The first-order valence-corrected chi connectivity index (χ1v) is 10.7. The maximum Gasteiger partial charge on any atom is 0.254 e. The number of benzene rings is 1. The van der Waals surface area contributed by atoms with Crippen LogP contribution in [0.15, 0.2) is 39.6 Å². The number of rotatable bonds is 4. The molecular formula is C22H27NO3S. The second kappa shape index (κ2) is 7.36. The predicted molar refractivity (Wildman–Crippen MR) is 107 cm³/mol. The highest BCUT2D eigenvalue weighted by Gasteiger charge is 2.45. The third-order valence-electron chi connectivity index (χ3n) is 6.28. The fourth-order valence-corrected chi connectivity index (χ4v) is 6.13. The van der Waals surface area contributed by atoms with Gasteiger partial charge in [0, 0.05) is 23.1 Å². The summed E-state index contributed by atoms with van der Waals surface area (Å²) < 4.78 is 5.52. The number of carbonyl (C=O) groups is 1. The average molecular weight is 386 g/mol. The fourth-order valence-electron chi connectivity index (χ4n) is 4.70. The van der Waals surface area contributed by atoms with Crippen molar-refractivity contribution in [3.05, 3.63) is 53.0 Å². The van der Waals surface area contributed by atoms with Gasteiger partial charge in [-0.05, 0) is 62.6 Å². The molecule has 1 aliphatic carbocycles. The van der Waals surface area contributed by atoms with Gasteiger partial charge in [0.2, 0.25) is 0 Å². The minimum atomic E-state index is -0.211. The molecule has 1 amide bonds. The molecule has 0 saturated heterocycles. The second-order valence-corrected chi connectivity index (χ2v) is 9.07. The molecule has 1 unspecified atom stereocenters. The zero-order valence-corrected chi connectivity index (χ0v) is 16.8. The molecule has 1 aromatic heterocycles. The van der Waals surface area contributed by atoms with Crippen LogP contribution >= 0.6 is 11.8 Å². The molecule has 1 atom stereocenters. The van der Waals surface area contributed by atoms with Crippen molar-refractivity contribution in [2.45, 2.75) is 56.4 Å². The number of aliphatic hydroxyl groups excluding tert-OH is 1. The number of hydrogen-bond donors (Lipinski definition) is 2. The topological polar surface area (TPSA) is 62.5 Å². The van der Waals surface area contributed by atoms with Gasteiger partial charge in [-0.2, -0.15) is 0 Å². The second-order valence-electron chi connectivity index (χ2n) is 8.00. The van der Waals surface area contributed by atoms with Gasteiger partial charge in [0.25, 0.3) is 5.91 Å². The van der Waals surface area contributed by atoms with Crippen LogP contribution in [-0.4, -0.2) is 29.4 Å². The molecule has 2 N–H and O–H groups in total. The minimum Gasteiger partial charge on any atom is -0.466 e. The molecule has 27 heavy (non-hydrogen) atoms. The Labute approximate surface area is 164 Å². The van der Waals surface area contributed by atoms with Crippen LogP contribution in [0.1, 0.15) is 59.0 Å². The van der Waals surface area contributed by atoms with Gasteiger partial charge in [-0.1, -0.05) is 18.2 Å². The summed E-state index contributed by atoms with van der Waals surface area (Å²) in [5.74, 6) is 2.83. The lowest BCUT2D eigenvalue weighted by atomic mass is 9.63. The molecule has 1 saturated carbocycles. The summed E-state index contributed by atoms with van der Waals surface area (Å²) in [4.78, 5) is 14.1. The lowest BCUT2D eigenvalue weighted by Crippen LogP contribution is -2.45. The first kappa shape index (κ1) is 18.6. The Hall–Kier alpha value is -1.72. The number of carbonyl (C=O) groups excluding carboxylic acids is 1. The maximum atomic E-state index is 12.8. The summed E-state index contributed by atoms with van der Waals surface area (Å²) in [6, 6.07) is 10.4. The summed E-state index contributed by atoms with van der Waals surface area (Å²) in [5.41, 5.74) is 2.03. The van der Waals surface area contributed by atoms with Gasteiger partial charge in [-0.25, -0.2) is 0 Å². The van der Waals surface area contributed by atoms with Gasteiger partial charge < -0.3 is 14.8 Å². The van der Waals surface area contributed by atoms with Crippen LogP contribution < -0.4 is 5.32 Å². The molecule has 1 aliphatic heterocycles. The van der Waals surface area contributed by atoms with Gasteiger partial charge in [0.1, 0.15) is 11.5 Å². The maximum absolute atomic E-state index is 12.8. The monoisotopic (exact) mass is 385 g/mol. The molecule has 2 heterocycles. The van der Waals surface area contributed by atoms with E-state index in [-0.39, 0.29) is 17.4 Å². The average Bonchev–Trinajstić information content (AvgIpc) is 3.24. The number of furan rings is 1. The number of thioether (sulfide) groups is 1. The van der Waals surface area contributed by atoms with E-state index in [2.05, 4.69) is 29.6 Å². The van der Waals surface area contributed by atoms with Crippen LogP contribution in [0.2, 0.25) is 0 Å². The van der Waals surface area contributed by atoms with E-state index in [4.69, 9.17) is 4.42 Å². The van der Waals surface area contributed by atoms with Crippen molar-refractivity contribution in [3.8, 4) is 0 Å². The number of amides is 1. The summed E-state index contributed by atoms with van der Waals surface area (Å²) in [6.07, 6.45) is 3.29. The van der Waals surface area contributed by atoms with Crippen LogP contribution in [0.25, 0.3) is 0 Å². The molecular weight excluding hydrogens is 358 g/mol. The highest BCUT2D eigenvalue weighted by molar-refractivity contribution is 7.99. The largest absolute Gasteiger partial charge is 0.466 e. The van der Waals surface area contributed by atoms with Gasteiger partial charge >= 0.3 is 0 Å². The normalized spacial score (nSPS) is 27.4. The third kappa shape index (κ3) is 3.55. The Morgan fingerprint density at radius 2 is 2.04 bits per heavy atom. The van der Waals surface area contributed by atoms with E-state index in [1.165, 1.54) is 10.5 Å². The highest BCUT2D eigenvalue weighted by atomic mass is 32.2. The SMILES string of the molecule is Cc1cc(C(=O)NC[C@]2(C3CSc4ccccc43)CC[C@H](O)CC2)c(C)o1. The van der Waals surface area contributed by atoms with Crippen LogP contribution in [0.3, 0.4) is 0 Å². The first-order valence-electron chi connectivity index (χ1n) is 9.73. The smallest absolute Gasteiger partial charge is 0.254 e. The zero-order chi connectivity index (χ0) is 19.0. The van der Waals surface area contributed by atoms with Crippen LogP contribution in [0.4, 0.5) is 0 Å². The van der Waals surface area contributed by atoms with E-state index in [9.17, 15) is 9.90 Å². The Kier molecular flexibility index (Phi) is 5.08. The molecule has 144 valence electrons. The van der Waals surface area contributed by atoms with Crippen molar-refractivity contribution in [1.82, 2.24) is 5.32 Å². The molecule has 0 radical (unpaired) electrons. The lowest BCUT2D eigenvalue weighted by Gasteiger charge is -2.44. The standard InChI is InChI=1S/C22H27NO3S/c1-14-11-18(15(2)26-14)21(25)23-13-22(9-7-16(24)8-10-22)19-12-27-20-6-4-3-5-17(19)20/h3-6,11,16,19,24H,7-10,12-13H2,1-2H3,(H,23,25)/t16-,19?,22-. The third-order valence-corrected chi connectivity index (χ3v) is 7.46. The summed E-state index contributed by atoms with van der Waals surface area (Å²) >= 11 is 1.92. The molecule has 2 aromatic rings. The van der Waals surface area contributed by atoms with Crippen molar-refractivity contribution in [3.63, 3.8) is 0 Å². The molecule has 0 spiro atoms. The molecule has 4 nitrogen and oxygen atoms in total. The quantitative estimate of drug-likeness (QED) is 0.817. The van der Waals surface area contributed by atoms with Crippen LogP contribution in [-0.2, 0) is 0 Å². The van der Waals surface area contributed by atoms with E-state index in [1.54, 1.807) is 0 Å². The van der Waals surface area contributed by atoms with Crippen molar-refractivity contribution >= 4 is 17.7 Å². The molecule has 4 rings (SSSR count).